The minimum absolute atomic E-state index is 0.0503. The van der Waals surface area contributed by atoms with Crippen molar-refractivity contribution < 1.29 is 9.53 Å². The Morgan fingerprint density at radius 2 is 1.91 bits per heavy atom. The zero-order valence-electron chi connectivity index (χ0n) is 12.5. The van der Waals surface area contributed by atoms with Gasteiger partial charge in [-0.15, -0.1) is 11.3 Å². The zero-order valence-corrected chi connectivity index (χ0v) is 13.3. The van der Waals surface area contributed by atoms with E-state index in [0.29, 0.717) is 6.42 Å². The van der Waals surface area contributed by atoms with Gasteiger partial charge in [-0.3, -0.25) is 4.79 Å². The molecule has 23 heavy (non-hydrogen) atoms. The molecule has 5 heteroatoms. The summed E-state index contributed by atoms with van der Waals surface area (Å²) in [7, 11) is 1.66. The van der Waals surface area contributed by atoms with Gasteiger partial charge in [-0.05, 0) is 42.0 Å². The van der Waals surface area contributed by atoms with Gasteiger partial charge in [0.25, 0.3) is 0 Å². The average molecular weight is 322 g/mol. The lowest BCUT2D eigenvalue weighted by Crippen LogP contribution is -2.03. The quantitative estimate of drug-likeness (QED) is 0.793. The third-order valence-electron chi connectivity index (χ3n) is 3.87. The number of carbonyl (C=O) groups is 1. The normalized spacial score (nSPS) is 12.8. The Kier molecular flexibility index (Phi) is 3.35. The molecule has 3 aromatic rings. The molecule has 0 fully saturated rings. The Hall–Kier alpha value is -2.66. The summed E-state index contributed by atoms with van der Waals surface area (Å²) in [6.45, 7) is 0. The van der Waals surface area contributed by atoms with Gasteiger partial charge in [0, 0.05) is 22.2 Å². The molecule has 1 N–H and O–H groups in total. The summed E-state index contributed by atoms with van der Waals surface area (Å²) < 4.78 is 5.18. The van der Waals surface area contributed by atoms with Crippen LogP contribution in [-0.4, -0.2) is 18.0 Å². The fourth-order valence-corrected chi connectivity index (χ4v) is 3.50. The topological polar surface area (TPSA) is 51.2 Å². The highest BCUT2D eigenvalue weighted by Crippen LogP contribution is 2.32. The molecule has 0 radical (unpaired) electrons. The second-order valence-electron chi connectivity index (χ2n) is 5.36. The number of amides is 1. The fraction of sp³-hybridized carbons (Fsp3) is 0.111. The van der Waals surface area contributed by atoms with Gasteiger partial charge in [0.2, 0.25) is 5.91 Å². The van der Waals surface area contributed by atoms with Crippen LogP contribution in [0, 0.1) is 0 Å². The molecule has 114 valence electrons. The minimum atomic E-state index is 0.0503. The summed E-state index contributed by atoms with van der Waals surface area (Å²) in [6.07, 6.45) is 0.443. The van der Waals surface area contributed by atoms with E-state index in [9.17, 15) is 4.79 Å². The lowest BCUT2D eigenvalue weighted by molar-refractivity contribution is -0.115. The lowest BCUT2D eigenvalue weighted by atomic mass is 10.1. The van der Waals surface area contributed by atoms with E-state index >= 15 is 0 Å². The number of fused-ring (bicyclic) bond motifs is 1. The van der Waals surface area contributed by atoms with Crippen molar-refractivity contribution >= 4 is 22.9 Å². The molecule has 1 aromatic heterocycles. The molecule has 2 heterocycles. The first-order chi connectivity index (χ1) is 11.2. The van der Waals surface area contributed by atoms with Crippen LogP contribution in [0.1, 0.15) is 5.56 Å². The molecule has 0 spiro atoms. The predicted octanol–water partition coefficient (Wildman–Crippen LogP) is 3.98. The van der Waals surface area contributed by atoms with Gasteiger partial charge in [-0.1, -0.05) is 6.07 Å². The van der Waals surface area contributed by atoms with E-state index in [4.69, 9.17) is 9.72 Å². The maximum atomic E-state index is 11.5. The van der Waals surface area contributed by atoms with E-state index in [-0.39, 0.29) is 5.91 Å². The second-order valence-corrected chi connectivity index (χ2v) is 6.22. The number of rotatable bonds is 3. The first kappa shape index (κ1) is 14.0. The lowest BCUT2D eigenvalue weighted by Gasteiger charge is -2.02. The standard InChI is InChI=1S/C18H14N2O2S/c1-22-14-5-2-11(3-6-14)18-20-16(10-23-18)12-4-7-15-13(8-12)9-17(21)19-15/h2-8,10H,9H2,1H3,(H,19,21). The molecule has 1 amide bonds. The second kappa shape index (κ2) is 5.52. The Morgan fingerprint density at radius 1 is 1.13 bits per heavy atom. The highest BCUT2D eigenvalue weighted by Gasteiger charge is 2.18. The van der Waals surface area contributed by atoms with E-state index in [1.54, 1.807) is 18.4 Å². The van der Waals surface area contributed by atoms with E-state index in [2.05, 4.69) is 5.32 Å². The molecule has 1 aliphatic heterocycles. The number of thiazole rings is 1. The first-order valence-corrected chi connectivity index (χ1v) is 8.14. The molecular weight excluding hydrogens is 308 g/mol. The average Bonchev–Trinajstić information content (AvgIpc) is 3.19. The van der Waals surface area contributed by atoms with Crippen LogP contribution in [0.2, 0.25) is 0 Å². The number of methoxy groups -OCH3 is 1. The molecule has 0 unspecified atom stereocenters. The SMILES string of the molecule is COc1ccc(-c2nc(-c3ccc4c(c3)CC(=O)N4)cs2)cc1. The largest absolute Gasteiger partial charge is 0.497 e. The maximum absolute atomic E-state index is 11.5. The number of carbonyl (C=O) groups excluding carboxylic acids is 1. The molecule has 0 saturated carbocycles. The van der Waals surface area contributed by atoms with Gasteiger partial charge in [-0.2, -0.15) is 0 Å². The Balaban J connectivity index is 1.65. The van der Waals surface area contributed by atoms with Gasteiger partial charge in [0.05, 0.1) is 19.2 Å². The van der Waals surface area contributed by atoms with Crippen molar-refractivity contribution in [1.82, 2.24) is 4.98 Å². The van der Waals surface area contributed by atoms with Crippen LogP contribution in [0.4, 0.5) is 5.69 Å². The molecule has 4 nitrogen and oxygen atoms in total. The van der Waals surface area contributed by atoms with E-state index in [1.807, 2.05) is 47.8 Å². The van der Waals surface area contributed by atoms with Crippen molar-refractivity contribution in [3.05, 3.63) is 53.4 Å². The number of hydrogen-bond acceptors (Lipinski definition) is 4. The molecule has 0 bridgehead atoms. The summed E-state index contributed by atoms with van der Waals surface area (Å²) in [5.74, 6) is 0.885. The maximum Gasteiger partial charge on any atom is 0.228 e. The van der Waals surface area contributed by atoms with Crippen molar-refractivity contribution in [2.24, 2.45) is 0 Å². The van der Waals surface area contributed by atoms with Crippen LogP contribution in [0.15, 0.2) is 47.8 Å². The third kappa shape index (κ3) is 2.59. The number of ether oxygens (including phenoxy) is 1. The van der Waals surface area contributed by atoms with Gasteiger partial charge in [0.1, 0.15) is 10.8 Å². The van der Waals surface area contributed by atoms with Crippen molar-refractivity contribution in [3.63, 3.8) is 0 Å². The minimum Gasteiger partial charge on any atom is -0.497 e. The molecule has 0 atom stereocenters. The van der Waals surface area contributed by atoms with Crippen molar-refractivity contribution in [2.75, 3.05) is 12.4 Å². The Morgan fingerprint density at radius 3 is 2.70 bits per heavy atom. The van der Waals surface area contributed by atoms with Crippen molar-refractivity contribution in [3.8, 4) is 27.6 Å². The Bertz CT molecular complexity index is 884. The monoisotopic (exact) mass is 322 g/mol. The van der Waals surface area contributed by atoms with Crippen LogP contribution in [-0.2, 0) is 11.2 Å². The van der Waals surface area contributed by atoms with Crippen molar-refractivity contribution in [2.45, 2.75) is 6.42 Å². The van der Waals surface area contributed by atoms with E-state index in [0.717, 1.165) is 38.8 Å². The molecule has 1 aliphatic rings. The van der Waals surface area contributed by atoms with Gasteiger partial charge in [-0.25, -0.2) is 4.98 Å². The summed E-state index contributed by atoms with van der Waals surface area (Å²) in [5.41, 5.74) is 4.98. The molecular formula is C18H14N2O2S. The fourth-order valence-electron chi connectivity index (χ4n) is 2.66. The van der Waals surface area contributed by atoms with Crippen LogP contribution in [0.5, 0.6) is 5.75 Å². The summed E-state index contributed by atoms with van der Waals surface area (Å²) >= 11 is 1.61. The first-order valence-electron chi connectivity index (χ1n) is 7.26. The number of anilines is 1. The molecule has 0 saturated heterocycles. The third-order valence-corrected chi connectivity index (χ3v) is 4.76. The molecule has 0 aliphatic carbocycles. The van der Waals surface area contributed by atoms with Crippen LogP contribution < -0.4 is 10.1 Å². The summed E-state index contributed by atoms with van der Waals surface area (Å²) in [5, 5.41) is 5.87. The number of nitrogens with one attached hydrogen (secondary N) is 1. The number of benzene rings is 2. The summed E-state index contributed by atoms with van der Waals surface area (Å²) in [6, 6.07) is 13.9. The van der Waals surface area contributed by atoms with Crippen LogP contribution in [0.3, 0.4) is 0 Å². The smallest absolute Gasteiger partial charge is 0.228 e. The Labute approximate surface area is 137 Å². The van der Waals surface area contributed by atoms with Crippen molar-refractivity contribution in [1.29, 1.82) is 0 Å². The van der Waals surface area contributed by atoms with Crippen LogP contribution in [0.25, 0.3) is 21.8 Å². The number of hydrogen-bond donors (Lipinski definition) is 1. The number of nitrogens with zero attached hydrogens (tertiary/aromatic N) is 1. The van der Waals surface area contributed by atoms with E-state index < -0.39 is 0 Å². The molecule has 2 aromatic carbocycles. The highest BCUT2D eigenvalue weighted by molar-refractivity contribution is 7.13. The van der Waals surface area contributed by atoms with E-state index in [1.165, 1.54) is 0 Å². The predicted molar refractivity (Wildman–Crippen MR) is 91.9 cm³/mol. The van der Waals surface area contributed by atoms with Gasteiger partial charge < -0.3 is 10.1 Å². The van der Waals surface area contributed by atoms with Gasteiger partial charge in [0.15, 0.2) is 0 Å². The van der Waals surface area contributed by atoms with Gasteiger partial charge >= 0.3 is 0 Å². The number of aromatic nitrogens is 1. The molecule has 4 rings (SSSR count). The summed E-state index contributed by atoms with van der Waals surface area (Å²) in [4.78, 5) is 16.2. The zero-order chi connectivity index (χ0) is 15.8. The van der Waals surface area contributed by atoms with Crippen LogP contribution >= 0.6 is 11.3 Å². The highest BCUT2D eigenvalue weighted by atomic mass is 32.1.